The first-order valence-corrected chi connectivity index (χ1v) is 3.78. The van der Waals surface area contributed by atoms with Crippen molar-refractivity contribution >= 4 is 18.6 Å². The Labute approximate surface area is 75.4 Å². The monoisotopic (exact) mass is 186 g/mol. The minimum absolute atomic E-state index is 0.560. The Kier molecular flexibility index (Phi) is 2.94. The number of urea groups is 1. The summed E-state index contributed by atoms with van der Waals surface area (Å²) in [4.78, 5) is 19.4. The maximum atomic E-state index is 13.0. The van der Waals surface area contributed by atoms with Gasteiger partial charge in [0.2, 0.25) is 0 Å². The molecule has 1 N–H and O–H groups in total. The maximum Gasteiger partial charge on any atom is 0.342 e. The van der Waals surface area contributed by atoms with Crippen LogP contribution in [-0.2, 0) is 0 Å². The van der Waals surface area contributed by atoms with Gasteiger partial charge in [0.25, 0.3) is 0 Å². The smallest absolute Gasteiger partial charge is 0.342 e. The van der Waals surface area contributed by atoms with Crippen LogP contribution in [0.1, 0.15) is 0 Å². The lowest BCUT2D eigenvalue weighted by Crippen LogP contribution is -2.43. The molecule has 1 aliphatic heterocycles. The Hall–Kier alpha value is -1.46. The van der Waals surface area contributed by atoms with Gasteiger partial charge in [0.15, 0.2) is 12.3 Å². The van der Waals surface area contributed by atoms with Crippen LogP contribution in [-0.4, -0.2) is 49.9 Å². The predicted octanol–water partition coefficient (Wildman–Crippen LogP) is 0.0345. The molecule has 0 spiro atoms. The van der Waals surface area contributed by atoms with E-state index in [4.69, 9.17) is 0 Å². The summed E-state index contributed by atoms with van der Waals surface area (Å²) in [7, 11) is 3.52. The Morgan fingerprint density at radius 3 is 3.08 bits per heavy atom. The number of halogens is 1. The van der Waals surface area contributed by atoms with E-state index in [2.05, 4.69) is 15.3 Å². The lowest BCUT2D eigenvalue weighted by atomic mass is 10.3. The second-order valence-electron chi connectivity index (χ2n) is 2.85. The van der Waals surface area contributed by atoms with Crippen molar-refractivity contribution in [2.24, 2.45) is 9.98 Å². The van der Waals surface area contributed by atoms with E-state index in [1.807, 2.05) is 0 Å². The largest absolute Gasteiger partial charge is 0.369 e. The molecular weight excluding hydrogens is 175 g/mol. The summed E-state index contributed by atoms with van der Waals surface area (Å²) >= 11 is 0. The normalized spacial score (nSPS) is 27.8. The van der Waals surface area contributed by atoms with Gasteiger partial charge >= 0.3 is 6.03 Å². The van der Waals surface area contributed by atoms with E-state index in [0.29, 0.717) is 0 Å². The molecule has 0 saturated carbocycles. The van der Waals surface area contributed by atoms with E-state index in [-0.39, 0.29) is 0 Å². The van der Waals surface area contributed by atoms with Crippen molar-refractivity contribution in [2.45, 2.75) is 12.3 Å². The lowest BCUT2D eigenvalue weighted by molar-refractivity contribution is 0.234. The van der Waals surface area contributed by atoms with Crippen LogP contribution in [0, 0.1) is 0 Å². The minimum Gasteiger partial charge on any atom is -0.369 e. The van der Waals surface area contributed by atoms with Crippen molar-refractivity contribution in [1.82, 2.24) is 10.2 Å². The Morgan fingerprint density at radius 1 is 1.77 bits per heavy atom. The second kappa shape index (κ2) is 3.97. The molecule has 1 aliphatic rings. The molecule has 6 heteroatoms. The number of aliphatic imine (C=N–C) groups is 2. The Bertz CT molecular complexity index is 251. The van der Waals surface area contributed by atoms with Gasteiger partial charge in [-0.05, 0) is 0 Å². The zero-order valence-electron chi connectivity index (χ0n) is 7.44. The summed E-state index contributed by atoms with van der Waals surface area (Å²) in [5, 5.41) is 2.29. The zero-order valence-corrected chi connectivity index (χ0v) is 7.44. The lowest BCUT2D eigenvalue weighted by Gasteiger charge is -2.18. The van der Waals surface area contributed by atoms with Crippen LogP contribution < -0.4 is 5.32 Å². The maximum absolute atomic E-state index is 13.0. The summed E-state index contributed by atoms with van der Waals surface area (Å²) in [5.41, 5.74) is 0. The number of nitrogens with zero attached hydrogens (tertiary/aromatic N) is 3. The summed E-state index contributed by atoms with van der Waals surface area (Å²) in [6.07, 6.45) is 0.189. The number of hydrogen-bond acceptors (Lipinski definition) is 2. The molecule has 0 aromatic carbocycles. The topological polar surface area (TPSA) is 57.1 Å². The van der Waals surface area contributed by atoms with E-state index >= 15 is 0 Å². The third kappa shape index (κ3) is 2.81. The highest BCUT2D eigenvalue weighted by Crippen LogP contribution is 2.03. The van der Waals surface area contributed by atoms with Crippen LogP contribution in [0.3, 0.4) is 0 Å². The first kappa shape index (κ1) is 9.63. The second-order valence-corrected chi connectivity index (χ2v) is 2.85. The predicted molar refractivity (Wildman–Crippen MR) is 47.9 cm³/mol. The summed E-state index contributed by atoms with van der Waals surface area (Å²) in [6, 6.07) is -0.560. The van der Waals surface area contributed by atoms with Crippen molar-refractivity contribution in [3.63, 3.8) is 0 Å². The number of carbonyl (C=O) groups is 1. The van der Waals surface area contributed by atoms with Crippen LogP contribution in [0.25, 0.3) is 0 Å². The van der Waals surface area contributed by atoms with Gasteiger partial charge in [-0.25, -0.2) is 19.2 Å². The molecule has 0 bridgehead atoms. The molecule has 2 unspecified atom stereocenters. The van der Waals surface area contributed by atoms with Crippen LogP contribution in [0.5, 0.6) is 0 Å². The highest BCUT2D eigenvalue weighted by atomic mass is 19.1. The average molecular weight is 186 g/mol. The molecule has 1 rings (SSSR count). The van der Waals surface area contributed by atoms with Crippen LogP contribution in [0.2, 0.25) is 0 Å². The highest BCUT2D eigenvalue weighted by Gasteiger charge is 2.23. The summed E-state index contributed by atoms with van der Waals surface area (Å²) in [5.74, 6) is 0. The van der Waals surface area contributed by atoms with Crippen molar-refractivity contribution in [2.75, 3.05) is 14.1 Å². The molecular formula is C7H11FN4O. The molecule has 1 heterocycles. The van der Waals surface area contributed by atoms with Gasteiger partial charge in [0.1, 0.15) is 0 Å². The molecule has 0 radical (unpaired) electrons. The van der Waals surface area contributed by atoms with Crippen LogP contribution >= 0.6 is 0 Å². The van der Waals surface area contributed by atoms with Crippen molar-refractivity contribution in [3.05, 3.63) is 0 Å². The molecule has 5 nitrogen and oxygen atoms in total. The molecule has 0 aromatic rings. The van der Waals surface area contributed by atoms with Gasteiger partial charge in [0.05, 0.1) is 6.34 Å². The fourth-order valence-corrected chi connectivity index (χ4v) is 0.788. The van der Waals surface area contributed by atoms with E-state index < -0.39 is 18.4 Å². The molecule has 72 valence electrons. The SMILES string of the molecule is CN(C)C=NC1NC(=O)N=CC1F. The molecule has 2 atom stereocenters. The first-order chi connectivity index (χ1) is 6.09. The molecule has 2 amide bonds. The number of alkyl halides is 1. The number of carbonyl (C=O) groups excluding carboxylic acids is 1. The van der Waals surface area contributed by atoms with Gasteiger partial charge < -0.3 is 10.2 Å². The molecule has 0 fully saturated rings. The zero-order chi connectivity index (χ0) is 9.84. The molecule has 0 aliphatic carbocycles. The third-order valence-corrected chi connectivity index (χ3v) is 1.37. The third-order valence-electron chi connectivity index (χ3n) is 1.37. The Morgan fingerprint density at radius 2 is 2.46 bits per heavy atom. The van der Waals surface area contributed by atoms with E-state index in [1.165, 1.54) is 6.34 Å². The summed E-state index contributed by atoms with van der Waals surface area (Å²) in [6.45, 7) is 0. The quantitative estimate of drug-likeness (QED) is 0.488. The van der Waals surface area contributed by atoms with Gasteiger partial charge in [-0.2, -0.15) is 0 Å². The number of hydrogen-bond donors (Lipinski definition) is 1. The number of nitrogens with one attached hydrogen (secondary N) is 1. The number of rotatable bonds is 2. The van der Waals surface area contributed by atoms with Gasteiger partial charge in [-0.15, -0.1) is 0 Å². The van der Waals surface area contributed by atoms with Crippen molar-refractivity contribution in [1.29, 1.82) is 0 Å². The molecule has 13 heavy (non-hydrogen) atoms. The van der Waals surface area contributed by atoms with Crippen molar-refractivity contribution in [3.8, 4) is 0 Å². The van der Waals surface area contributed by atoms with Crippen molar-refractivity contribution < 1.29 is 9.18 Å². The van der Waals surface area contributed by atoms with Crippen LogP contribution in [0.15, 0.2) is 9.98 Å². The first-order valence-electron chi connectivity index (χ1n) is 3.78. The fraction of sp³-hybridized carbons (Fsp3) is 0.571. The van der Waals surface area contributed by atoms with E-state index in [0.717, 1.165) is 6.21 Å². The number of amides is 2. The van der Waals surface area contributed by atoms with Crippen LogP contribution in [0.4, 0.5) is 9.18 Å². The summed E-state index contributed by atoms with van der Waals surface area (Å²) < 4.78 is 13.0. The van der Waals surface area contributed by atoms with Gasteiger partial charge in [-0.1, -0.05) is 0 Å². The Balaban J connectivity index is 2.60. The van der Waals surface area contributed by atoms with E-state index in [9.17, 15) is 9.18 Å². The fourth-order valence-electron chi connectivity index (χ4n) is 0.788. The molecule has 0 saturated heterocycles. The minimum atomic E-state index is -1.35. The van der Waals surface area contributed by atoms with E-state index in [1.54, 1.807) is 19.0 Å². The highest BCUT2D eigenvalue weighted by molar-refractivity contribution is 5.88. The van der Waals surface area contributed by atoms with Gasteiger partial charge in [-0.3, -0.25) is 0 Å². The standard InChI is InChI=1S/C7H11FN4O/c1-12(2)4-10-6-5(8)3-9-7(13)11-6/h3-6H,1-2H3,(H,11,13). The van der Waals surface area contributed by atoms with Gasteiger partial charge in [0, 0.05) is 20.3 Å². The molecule has 0 aromatic heterocycles. The average Bonchev–Trinajstić information content (AvgIpc) is 2.06.